The lowest BCUT2D eigenvalue weighted by Gasteiger charge is -2.38. The van der Waals surface area contributed by atoms with Crippen LogP contribution in [-0.4, -0.2) is 33.4 Å². The molecule has 0 radical (unpaired) electrons. The van der Waals surface area contributed by atoms with Gasteiger partial charge >= 0.3 is 0 Å². The summed E-state index contributed by atoms with van der Waals surface area (Å²) in [4.78, 5) is 19.6. The van der Waals surface area contributed by atoms with Gasteiger partial charge in [0.2, 0.25) is 5.91 Å². The van der Waals surface area contributed by atoms with Gasteiger partial charge in [-0.1, -0.05) is 30.3 Å². The minimum atomic E-state index is -0.480. The Morgan fingerprint density at radius 3 is 2.71 bits per heavy atom. The average molecular weight is 325 g/mol. The Bertz CT molecular complexity index is 690. The van der Waals surface area contributed by atoms with Crippen molar-refractivity contribution in [3.05, 3.63) is 54.1 Å². The van der Waals surface area contributed by atoms with Crippen LogP contribution in [-0.2, 0) is 23.7 Å². The van der Waals surface area contributed by atoms with Crippen molar-refractivity contribution < 1.29 is 4.79 Å². The summed E-state index contributed by atoms with van der Waals surface area (Å²) < 4.78 is 2.08. The molecule has 0 spiro atoms. The molecule has 24 heavy (non-hydrogen) atoms. The first-order valence-electron chi connectivity index (χ1n) is 8.79. The zero-order valence-corrected chi connectivity index (χ0v) is 14.9. The van der Waals surface area contributed by atoms with Gasteiger partial charge in [-0.3, -0.25) is 4.79 Å². The number of benzene rings is 1. The summed E-state index contributed by atoms with van der Waals surface area (Å²) in [7, 11) is 2.03. The number of nitrogens with zero attached hydrogens (tertiary/aromatic N) is 3. The Balaban J connectivity index is 1.70. The lowest BCUT2D eigenvalue weighted by molar-refractivity contribution is -0.138. The van der Waals surface area contributed by atoms with Crippen molar-refractivity contribution in [1.82, 2.24) is 14.5 Å². The summed E-state index contributed by atoms with van der Waals surface area (Å²) >= 11 is 0. The fourth-order valence-corrected chi connectivity index (χ4v) is 3.64. The molecule has 4 heteroatoms. The average Bonchev–Trinajstić information content (AvgIpc) is 3.00. The Morgan fingerprint density at radius 2 is 2.04 bits per heavy atom. The lowest BCUT2D eigenvalue weighted by atomic mass is 9.82. The minimum Gasteiger partial charge on any atom is -0.342 e. The maximum Gasteiger partial charge on any atom is 0.232 e. The zero-order valence-electron chi connectivity index (χ0n) is 14.9. The number of rotatable bonds is 4. The van der Waals surface area contributed by atoms with Crippen LogP contribution in [0, 0.1) is 5.92 Å². The van der Waals surface area contributed by atoms with Crippen LogP contribution in [0.3, 0.4) is 0 Å². The largest absolute Gasteiger partial charge is 0.342 e. The van der Waals surface area contributed by atoms with E-state index in [1.807, 2.05) is 63.6 Å². The van der Waals surface area contributed by atoms with Crippen molar-refractivity contribution in [3.63, 3.8) is 0 Å². The smallest absolute Gasteiger partial charge is 0.232 e. The van der Waals surface area contributed by atoms with Crippen LogP contribution in [0.25, 0.3) is 0 Å². The van der Waals surface area contributed by atoms with Gasteiger partial charge in [0, 0.05) is 39.0 Å². The van der Waals surface area contributed by atoms with Crippen molar-refractivity contribution in [2.75, 3.05) is 13.1 Å². The molecule has 1 aromatic heterocycles. The highest BCUT2D eigenvalue weighted by Gasteiger charge is 2.35. The lowest BCUT2D eigenvalue weighted by Crippen LogP contribution is -2.48. The summed E-state index contributed by atoms with van der Waals surface area (Å²) in [6.07, 6.45) is 7.02. The second-order valence-electron chi connectivity index (χ2n) is 7.41. The molecule has 2 aromatic rings. The molecule has 3 rings (SSSR count). The first-order valence-corrected chi connectivity index (χ1v) is 8.79. The second kappa shape index (κ2) is 6.80. The molecule has 2 heterocycles. The van der Waals surface area contributed by atoms with Crippen LogP contribution in [0.15, 0.2) is 42.7 Å². The molecule has 1 atom stereocenters. The summed E-state index contributed by atoms with van der Waals surface area (Å²) in [5.74, 6) is 1.84. The molecular formula is C20H27N3O. The molecule has 1 amide bonds. The fraction of sp³-hybridized carbons (Fsp3) is 0.500. The van der Waals surface area contributed by atoms with Gasteiger partial charge in [-0.05, 0) is 38.2 Å². The predicted molar refractivity (Wildman–Crippen MR) is 95.7 cm³/mol. The van der Waals surface area contributed by atoms with Gasteiger partial charge in [0.1, 0.15) is 5.82 Å². The van der Waals surface area contributed by atoms with E-state index < -0.39 is 5.41 Å². The van der Waals surface area contributed by atoms with Crippen LogP contribution in [0.1, 0.15) is 38.1 Å². The number of likely N-dealkylation sites (tertiary alicyclic amines) is 1. The normalized spacial score (nSPS) is 18.6. The third-order valence-electron chi connectivity index (χ3n) is 5.23. The van der Waals surface area contributed by atoms with Gasteiger partial charge in [-0.25, -0.2) is 4.98 Å². The predicted octanol–water partition coefficient (Wildman–Crippen LogP) is 3.18. The topological polar surface area (TPSA) is 38.1 Å². The monoisotopic (exact) mass is 325 g/mol. The zero-order chi connectivity index (χ0) is 17.2. The first-order chi connectivity index (χ1) is 11.5. The SMILES string of the molecule is Cn1ccnc1CC1CCCN(C(=O)C(C)(C)c2ccccc2)C1. The number of carbonyl (C=O) groups excluding carboxylic acids is 1. The van der Waals surface area contributed by atoms with Gasteiger partial charge in [0.15, 0.2) is 0 Å². The summed E-state index contributed by atoms with van der Waals surface area (Å²) in [6.45, 7) is 5.77. The Labute approximate surface area is 144 Å². The first kappa shape index (κ1) is 16.7. The molecular weight excluding hydrogens is 298 g/mol. The van der Waals surface area contributed by atoms with Crippen LogP contribution < -0.4 is 0 Å². The summed E-state index contributed by atoms with van der Waals surface area (Å²) in [5.41, 5.74) is 0.605. The quantitative estimate of drug-likeness (QED) is 0.866. The highest BCUT2D eigenvalue weighted by molar-refractivity contribution is 5.87. The maximum atomic E-state index is 13.1. The molecule has 1 fully saturated rings. The van der Waals surface area contributed by atoms with Gasteiger partial charge in [0.25, 0.3) is 0 Å². The van der Waals surface area contributed by atoms with E-state index >= 15 is 0 Å². The minimum absolute atomic E-state index is 0.234. The van der Waals surface area contributed by atoms with E-state index in [0.717, 1.165) is 37.3 Å². The van der Waals surface area contributed by atoms with Crippen molar-refractivity contribution in [2.45, 2.75) is 38.5 Å². The molecule has 1 saturated heterocycles. The third-order valence-corrected chi connectivity index (χ3v) is 5.23. The standard InChI is InChI=1S/C20H27N3O/c1-20(2,17-9-5-4-6-10-17)19(24)23-12-7-8-16(15-23)14-18-21-11-13-22(18)3/h4-6,9-11,13,16H,7-8,12,14-15H2,1-3H3. The maximum absolute atomic E-state index is 13.1. The van der Waals surface area contributed by atoms with Gasteiger partial charge in [-0.2, -0.15) is 0 Å². The molecule has 0 bridgehead atoms. The Kier molecular flexibility index (Phi) is 4.74. The van der Waals surface area contributed by atoms with E-state index in [1.54, 1.807) is 0 Å². The van der Waals surface area contributed by atoms with E-state index in [4.69, 9.17) is 0 Å². The van der Waals surface area contributed by atoms with Gasteiger partial charge in [0.05, 0.1) is 5.41 Å². The molecule has 0 N–H and O–H groups in total. The molecule has 0 saturated carbocycles. The highest BCUT2D eigenvalue weighted by Crippen LogP contribution is 2.29. The Morgan fingerprint density at radius 1 is 1.29 bits per heavy atom. The summed E-state index contributed by atoms with van der Waals surface area (Å²) in [5, 5.41) is 0. The molecule has 1 aromatic carbocycles. The number of amides is 1. The van der Waals surface area contributed by atoms with E-state index in [9.17, 15) is 4.79 Å². The van der Waals surface area contributed by atoms with Crippen molar-refractivity contribution >= 4 is 5.91 Å². The molecule has 128 valence electrons. The second-order valence-corrected chi connectivity index (χ2v) is 7.41. The Hall–Kier alpha value is -2.10. The van der Waals surface area contributed by atoms with Crippen LogP contribution in [0.2, 0.25) is 0 Å². The number of aryl methyl sites for hydroxylation is 1. The van der Waals surface area contributed by atoms with E-state index in [0.29, 0.717) is 5.92 Å². The fourth-order valence-electron chi connectivity index (χ4n) is 3.64. The number of carbonyl (C=O) groups is 1. The van der Waals surface area contributed by atoms with Crippen molar-refractivity contribution in [1.29, 1.82) is 0 Å². The third kappa shape index (κ3) is 3.37. The molecule has 4 nitrogen and oxygen atoms in total. The number of piperidine rings is 1. The molecule has 1 aliphatic rings. The van der Waals surface area contributed by atoms with Crippen LogP contribution >= 0.6 is 0 Å². The van der Waals surface area contributed by atoms with Gasteiger partial charge < -0.3 is 9.47 Å². The van der Waals surface area contributed by atoms with Crippen LogP contribution in [0.5, 0.6) is 0 Å². The van der Waals surface area contributed by atoms with E-state index in [-0.39, 0.29) is 5.91 Å². The molecule has 1 unspecified atom stereocenters. The van der Waals surface area contributed by atoms with Crippen molar-refractivity contribution in [3.8, 4) is 0 Å². The van der Waals surface area contributed by atoms with Gasteiger partial charge in [-0.15, -0.1) is 0 Å². The molecule has 0 aliphatic carbocycles. The highest BCUT2D eigenvalue weighted by atomic mass is 16.2. The van der Waals surface area contributed by atoms with E-state index in [2.05, 4.69) is 14.5 Å². The summed E-state index contributed by atoms with van der Waals surface area (Å²) in [6, 6.07) is 10.1. The number of aromatic nitrogens is 2. The van der Waals surface area contributed by atoms with E-state index in [1.165, 1.54) is 6.42 Å². The number of hydrogen-bond acceptors (Lipinski definition) is 2. The number of hydrogen-bond donors (Lipinski definition) is 0. The van der Waals surface area contributed by atoms with Crippen LogP contribution in [0.4, 0.5) is 0 Å². The molecule has 1 aliphatic heterocycles. The number of imidazole rings is 1. The van der Waals surface area contributed by atoms with Crippen molar-refractivity contribution in [2.24, 2.45) is 13.0 Å².